The van der Waals surface area contributed by atoms with E-state index in [1.807, 2.05) is 0 Å². The van der Waals surface area contributed by atoms with E-state index in [4.69, 9.17) is 23.2 Å². The lowest BCUT2D eigenvalue weighted by Crippen LogP contribution is -2.41. The van der Waals surface area contributed by atoms with Crippen LogP contribution in [0.1, 0.15) is 13.8 Å². The molecule has 0 aliphatic rings. The van der Waals surface area contributed by atoms with Crippen LogP contribution in [0, 0.1) is 11.2 Å². The topological polar surface area (TPSA) is 58.2 Å². The first-order chi connectivity index (χ1) is 11.2. The molecular weight excluding hydrogens is 354 g/mol. The van der Waals surface area contributed by atoms with Crippen LogP contribution in [0.3, 0.4) is 0 Å². The second-order valence-corrected chi connectivity index (χ2v) is 6.51. The summed E-state index contributed by atoms with van der Waals surface area (Å²) >= 11 is 11.8. The monoisotopic (exact) mass is 368 g/mol. The summed E-state index contributed by atoms with van der Waals surface area (Å²) in [5.41, 5.74) is -0.627. The molecule has 0 saturated heterocycles. The van der Waals surface area contributed by atoms with Gasteiger partial charge >= 0.3 is 0 Å². The van der Waals surface area contributed by atoms with Crippen molar-refractivity contribution in [3.63, 3.8) is 0 Å². The molecule has 7 heteroatoms. The van der Waals surface area contributed by atoms with Crippen LogP contribution in [-0.4, -0.2) is 11.8 Å². The molecule has 2 aromatic carbocycles. The number of anilines is 2. The molecule has 0 saturated carbocycles. The zero-order valence-electron chi connectivity index (χ0n) is 13.0. The summed E-state index contributed by atoms with van der Waals surface area (Å²) in [7, 11) is 0. The van der Waals surface area contributed by atoms with Crippen molar-refractivity contribution in [1.29, 1.82) is 0 Å². The van der Waals surface area contributed by atoms with Crippen molar-refractivity contribution in [2.75, 3.05) is 10.6 Å². The quantitative estimate of drug-likeness (QED) is 0.765. The van der Waals surface area contributed by atoms with Gasteiger partial charge in [-0.2, -0.15) is 0 Å². The summed E-state index contributed by atoms with van der Waals surface area (Å²) in [4.78, 5) is 24.8. The van der Waals surface area contributed by atoms with E-state index in [1.54, 1.807) is 12.1 Å². The first-order valence-electron chi connectivity index (χ1n) is 7.03. The Morgan fingerprint density at radius 1 is 0.958 bits per heavy atom. The van der Waals surface area contributed by atoms with E-state index in [-0.39, 0.29) is 5.02 Å². The summed E-state index contributed by atoms with van der Waals surface area (Å²) in [5.74, 6) is -1.48. The molecule has 4 nitrogen and oxygen atoms in total. The van der Waals surface area contributed by atoms with Crippen molar-refractivity contribution in [3.05, 3.63) is 58.3 Å². The fourth-order valence-corrected chi connectivity index (χ4v) is 2.25. The van der Waals surface area contributed by atoms with Gasteiger partial charge in [0.25, 0.3) is 0 Å². The van der Waals surface area contributed by atoms with Gasteiger partial charge in [0.2, 0.25) is 11.8 Å². The van der Waals surface area contributed by atoms with Crippen molar-refractivity contribution < 1.29 is 14.0 Å². The Labute approximate surface area is 149 Å². The van der Waals surface area contributed by atoms with Gasteiger partial charge in [0.1, 0.15) is 11.2 Å². The molecule has 0 aromatic heterocycles. The van der Waals surface area contributed by atoms with Gasteiger partial charge < -0.3 is 10.6 Å². The molecule has 24 heavy (non-hydrogen) atoms. The number of nitrogens with one attached hydrogen (secondary N) is 2. The van der Waals surface area contributed by atoms with Crippen LogP contribution in [0.5, 0.6) is 0 Å². The van der Waals surface area contributed by atoms with E-state index in [0.29, 0.717) is 16.4 Å². The highest BCUT2D eigenvalue weighted by molar-refractivity contribution is 6.36. The normalized spacial score (nSPS) is 11.0. The van der Waals surface area contributed by atoms with Crippen molar-refractivity contribution >= 4 is 46.4 Å². The molecule has 2 aromatic rings. The molecule has 0 aliphatic carbocycles. The third kappa shape index (κ3) is 4.24. The van der Waals surface area contributed by atoms with Crippen LogP contribution in [0.25, 0.3) is 0 Å². The van der Waals surface area contributed by atoms with Gasteiger partial charge in [-0.1, -0.05) is 23.2 Å². The summed E-state index contributed by atoms with van der Waals surface area (Å²) in [6, 6.07) is 9.89. The van der Waals surface area contributed by atoms with Crippen LogP contribution >= 0.6 is 23.2 Å². The Bertz CT molecular complexity index is 777. The van der Waals surface area contributed by atoms with Gasteiger partial charge in [-0.05, 0) is 56.3 Å². The van der Waals surface area contributed by atoms with Crippen LogP contribution in [0.4, 0.5) is 15.8 Å². The maximum absolute atomic E-state index is 12.9. The smallest absolute Gasteiger partial charge is 0.239 e. The highest BCUT2D eigenvalue weighted by Crippen LogP contribution is 2.28. The third-order valence-corrected chi connectivity index (χ3v) is 3.96. The van der Waals surface area contributed by atoms with E-state index in [9.17, 15) is 14.0 Å². The summed E-state index contributed by atoms with van der Waals surface area (Å²) in [6.07, 6.45) is 0. The van der Waals surface area contributed by atoms with Gasteiger partial charge in [-0.3, -0.25) is 9.59 Å². The molecule has 0 aliphatic heterocycles. The number of amides is 2. The third-order valence-electron chi connectivity index (χ3n) is 3.42. The van der Waals surface area contributed by atoms with E-state index >= 15 is 0 Å². The molecule has 0 radical (unpaired) electrons. The maximum Gasteiger partial charge on any atom is 0.239 e. The Morgan fingerprint density at radius 3 is 2.12 bits per heavy atom. The molecule has 2 amide bonds. The van der Waals surface area contributed by atoms with E-state index < -0.39 is 23.0 Å². The predicted octanol–water partition coefficient (Wildman–Crippen LogP) is 4.74. The van der Waals surface area contributed by atoms with Gasteiger partial charge in [0, 0.05) is 10.7 Å². The first-order valence-corrected chi connectivity index (χ1v) is 7.79. The predicted molar refractivity (Wildman–Crippen MR) is 93.9 cm³/mol. The minimum absolute atomic E-state index is 0.269. The van der Waals surface area contributed by atoms with Crippen LogP contribution in [0.15, 0.2) is 42.5 Å². The molecular formula is C17H15Cl2FN2O2. The molecule has 126 valence electrons. The number of benzene rings is 2. The highest BCUT2D eigenvalue weighted by Gasteiger charge is 2.36. The number of carbonyl (C=O) groups excluding carboxylic acids is 2. The van der Waals surface area contributed by atoms with Crippen molar-refractivity contribution in [3.8, 4) is 0 Å². The van der Waals surface area contributed by atoms with Crippen molar-refractivity contribution in [2.45, 2.75) is 13.8 Å². The lowest BCUT2D eigenvalue weighted by Gasteiger charge is -2.23. The summed E-state index contributed by atoms with van der Waals surface area (Å²) in [5, 5.41) is 5.89. The lowest BCUT2D eigenvalue weighted by molar-refractivity contribution is -0.135. The number of hydrogen-bond acceptors (Lipinski definition) is 2. The second kappa shape index (κ2) is 7.20. The Kier molecular flexibility index (Phi) is 5.47. The fraction of sp³-hybridized carbons (Fsp3) is 0.176. The second-order valence-electron chi connectivity index (χ2n) is 5.66. The summed E-state index contributed by atoms with van der Waals surface area (Å²) < 4.78 is 12.9. The van der Waals surface area contributed by atoms with Crippen LogP contribution in [0.2, 0.25) is 10.0 Å². The van der Waals surface area contributed by atoms with E-state index in [1.165, 1.54) is 44.2 Å². The van der Waals surface area contributed by atoms with Crippen molar-refractivity contribution in [1.82, 2.24) is 0 Å². The van der Waals surface area contributed by atoms with E-state index in [2.05, 4.69) is 10.6 Å². The van der Waals surface area contributed by atoms with Gasteiger partial charge in [0.05, 0.1) is 10.7 Å². The fourth-order valence-electron chi connectivity index (χ4n) is 1.79. The lowest BCUT2D eigenvalue weighted by atomic mass is 9.90. The molecule has 0 bridgehead atoms. The maximum atomic E-state index is 12.9. The zero-order chi connectivity index (χ0) is 17.9. The zero-order valence-corrected chi connectivity index (χ0v) is 14.5. The summed E-state index contributed by atoms with van der Waals surface area (Å²) in [6.45, 7) is 2.95. The largest absolute Gasteiger partial charge is 0.325 e. The first kappa shape index (κ1) is 18.2. The minimum atomic E-state index is -1.38. The average Bonchev–Trinajstić information content (AvgIpc) is 2.52. The molecule has 0 spiro atoms. The Morgan fingerprint density at radius 2 is 1.54 bits per heavy atom. The van der Waals surface area contributed by atoms with Gasteiger partial charge in [0.15, 0.2) is 0 Å². The molecule has 0 atom stereocenters. The van der Waals surface area contributed by atoms with E-state index in [0.717, 1.165) is 0 Å². The Hall–Kier alpha value is -2.11. The molecule has 0 heterocycles. The average molecular weight is 369 g/mol. The Balaban J connectivity index is 2.11. The number of rotatable bonds is 4. The standard InChI is InChI=1S/C17H15Cl2FN2O2/c1-17(2,15(23)21-12-6-4-11(20)5-7-12)16(24)22-14-8-3-10(18)9-13(14)19/h3-9H,1-2H3,(H,21,23)(H,22,24). The molecule has 0 unspecified atom stereocenters. The molecule has 2 N–H and O–H groups in total. The van der Waals surface area contributed by atoms with Gasteiger partial charge in [-0.15, -0.1) is 0 Å². The number of carbonyl (C=O) groups is 2. The number of halogens is 3. The highest BCUT2D eigenvalue weighted by atomic mass is 35.5. The van der Waals surface area contributed by atoms with Crippen molar-refractivity contribution in [2.24, 2.45) is 5.41 Å². The SMILES string of the molecule is CC(C)(C(=O)Nc1ccc(F)cc1)C(=O)Nc1ccc(Cl)cc1Cl. The molecule has 0 fully saturated rings. The van der Waals surface area contributed by atoms with Gasteiger partial charge in [-0.25, -0.2) is 4.39 Å². The molecule has 2 rings (SSSR count). The minimum Gasteiger partial charge on any atom is -0.325 e. The van der Waals surface area contributed by atoms with Crippen LogP contribution in [-0.2, 0) is 9.59 Å². The van der Waals surface area contributed by atoms with Crippen LogP contribution < -0.4 is 10.6 Å². The number of hydrogen-bond donors (Lipinski definition) is 2.